The molecule has 6 heteroatoms. The first-order valence-corrected chi connectivity index (χ1v) is 16.3. The van der Waals surface area contributed by atoms with Gasteiger partial charge in [-0.15, -0.1) is 0 Å². The zero-order valence-corrected chi connectivity index (χ0v) is 27.4. The molecule has 230 valence electrons. The van der Waals surface area contributed by atoms with Crippen LogP contribution >= 0.6 is 0 Å². The number of amides is 2. The van der Waals surface area contributed by atoms with E-state index in [0.717, 1.165) is 56.4 Å². The first-order chi connectivity index (χ1) is 18.8. The molecule has 2 amide bonds. The zero-order chi connectivity index (χ0) is 30.6. The van der Waals surface area contributed by atoms with Crippen molar-refractivity contribution in [2.75, 3.05) is 0 Å². The number of rotatable bonds is 3. The van der Waals surface area contributed by atoms with Crippen molar-refractivity contribution in [3.63, 3.8) is 0 Å². The lowest BCUT2D eigenvalue weighted by Gasteiger charge is -2.70. The summed E-state index contributed by atoms with van der Waals surface area (Å²) in [5.41, 5.74) is 0.229. The van der Waals surface area contributed by atoms with Gasteiger partial charge in [-0.1, -0.05) is 54.0 Å². The van der Waals surface area contributed by atoms with Crippen LogP contribution in [0, 0.1) is 50.2 Å². The fourth-order valence-electron chi connectivity index (χ4n) is 11.4. The van der Waals surface area contributed by atoms with Crippen molar-refractivity contribution in [2.45, 2.75) is 139 Å². The van der Waals surface area contributed by atoms with Gasteiger partial charge >= 0.3 is 0 Å². The second-order valence-electron chi connectivity index (χ2n) is 17.1. The maximum Gasteiger partial charge on any atom is 0.252 e. The number of ketones is 1. The van der Waals surface area contributed by atoms with Crippen LogP contribution in [0.2, 0.25) is 0 Å². The lowest BCUT2D eigenvalue weighted by atomic mass is 9.33. The average Bonchev–Trinajstić information content (AvgIpc) is 2.87. The molecular weight excluding hydrogens is 512 g/mol. The van der Waals surface area contributed by atoms with Crippen LogP contribution in [0.3, 0.4) is 0 Å². The Morgan fingerprint density at radius 2 is 1.59 bits per heavy atom. The molecule has 4 saturated carbocycles. The summed E-state index contributed by atoms with van der Waals surface area (Å²) in [6.45, 7) is 21.6. The predicted molar refractivity (Wildman–Crippen MR) is 161 cm³/mol. The van der Waals surface area contributed by atoms with E-state index < -0.39 is 5.41 Å². The molecule has 5 aliphatic rings. The Balaban J connectivity index is 1.55. The molecule has 0 spiro atoms. The minimum Gasteiger partial charge on any atom is -0.353 e. The summed E-state index contributed by atoms with van der Waals surface area (Å²) in [7, 11) is 0. The maximum atomic E-state index is 14.6. The minimum absolute atomic E-state index is 0.0297. The summed E-state index contributed by atoms with van der Waals surface area (Å²) in [4.78, 5) is 40.2. The molecule has 1 unspecified atom stereocenters. The predicted octanol–water partition coefficient (Wildman–Crippen LogP) is 7.10. The van der Waals surface area contributed by atoms with E-state index in [2.05, 4.69) is 52.9 Å². The Kier molecular flexibility index (Phi) is 7.05. The molecule has 5 rings (SSSR count). The highest BCUT2D eigenvalue weighted by atomic mass is 16.5. The summed E-state index contributed by atoms with van der Waals surface area (Å²) in [5.74, 6) is 0.604. The fraction of sp³-hybridized carbons (Fsp3) is 0.857. The standard InChI is InChI=1S/C35H56N2O4/c1-21(2)37(41)29(40)32(7)16-15-31(6)17-18-34(9)23(24(31)20-32)19-25(39)28-33(8)13-12-27(36-22(3)38)30(4,5)26(33)11-14-35(28,34)10/h19,21,24,26-28,41H,11-18,20H2,1-10H3,(H,36,38)/t24-,26?,27-,28+,31+,32-,33-,34+,35+/m0/s1. The van der Waals surface area contributed by atoms with Gasteiger partial charge in [-0.05, 0) is 117 Å². The molecule has 0 heterocycles. The molecule has 0 bridgehead atoms. The van der Waals surface area contributed by atoms with Crippen molar-refractivity contribution in [2.24, 2.45) is 50.2 Å². The molecule has 5 aliphatic carbocycles. The lowest BCUT2D eigenvalue weighted by molar-refractivity contribution is -0.195. The monoisotopic (exact) mass is 568 g/mol. The number of hydroxylamine groups is 2. The minimum atomic E-state index is -0.640. The number of hydrogen-bond donors (Lipinski definition) is 2. The second kappa shape index (κ2) is 9.40. The molecule has 2 N–H and O–H groups in total. The van der Waals surface area contributed by atoms with Crippen LogP contribution in [0.1, 0.15) is 127 Å². The summed E-state index contributed by atoms with van der Waals surface area (Å²) < 4.78 is 0. The van der Waals surface area contributed by atoms with Crippen LogP contribution in [-0.2, 0) is 14.4 Å². The molecule has 0 aliphatic heterocycles. The smallest absolute Gasteiger partial charge is 0.252 e. The third-order valence-electron chi connectivity index (χ3n) is 14.2. The van der Waals surface area contributed by atoms with Gasteiger partial charge in [0, 0.05) is 24.3 Å². The normalized spacial score (nSPS) is 46.8. The van der Waals surface area contributed by atoms with Crippen molar-refractivity contribution in [3.8, 4) is 0 Å². The Bertz CT molecular complexity index is 1170. The Labute approximate surface area is 248 Å². The van der Waals surface area contributed by atoms with Crippen LogP contribution in [0.5, 0.6) is 0 Å². The Hall–Kier alpha value is -1.69. The summed E-state index contributed by atoms with van der Waals surface area (Å²) >= 11 is 0. The van der Waals surface area contributed by atoms with E-state index in [1.54, 1.807) is 6.92 Å². The van der Waals surface area contributed by atoms with Gasteiger partial charge in [-0.25, -0.2) is 5.06 Å². The highest BCUT2D eigenvalue weighted by Gasteiger charge is 2.70. The van der Waals surface area contributed by atoms with Crippen molar-refractivity contribution in [1.29, 1.82) is 0 Å². The third-order valence-corrected chi connectivity index (χ3v) is 14.2. The zero-order valence-electron chi connectivity index (χ0n) is 27.4. The largest absolute Gasteiger partial charge is 0.353 e. The van der Waals surface area contributed by atoms with Crippen molar-refractivity contribution >= 4 is 17.6 Å². The molecule has 0 radical (unpaired) electrons. The molecule has 4 fully saturated rings. The maximum absolute atomic E-state index is 14.6. The number of fused-ring (bicyclic) bond motifs is 7. The quantitative estimate of drug-likeness (QED) is 0.281. The number of carbonyl (C=O) groups excluding carboxylic acids is 3. The van der Waals surface area contributed by atoms with E-state index in [1.807, 2.05) is 20.8 Å². The number of allylic oxidation sites excluding steroid dienone is 2. The van der Waals surface area contributed by atoms with Gasteiger partial charge in [0.15, 0.2) is 5.78 Å². The highest BCUT2D eigenvalue weighted by Crippen LogP contribution is 2.75. The van der Waals surface area contributed by atoms with Crippen LogP contribution in [0.25, 0.3) is 0 Å². The van der Waals surface area contributed by atoms with E-state index in [1.165, 1.54) is 5.57 Å². The van der Waals surface area contributed by atoms with Gasteiger partial charge in [0.25, 0.3) is 5.91 Å². The molecular formula is C35H56N2O4. The number of nitrogens with one attached hydrogen (secondary N) is 1. The molecule has 0 aromatic carbocycles. The Morgan fingerprint density at radius 1 is 0.951 bits per heavy atom. The topological polar surface area (TPSA) is 86.7 Å². The van der Waals surface area contributed by atoms with Crippen LogP contribution in [0.15, 0.2) is 11.6 Å². The van der Waals surface area contributed by atoms with E-state index in [-0.39, 0.29) is 68.6 Å². The number of carbonyl (C=O) groups is 3. The summed E-state index contributed by atoms with van der Waals surface area (Å²) in [6.07, 6.45) is 10.6. The van der Waals surface area contributed by atoms with Gasteiger partial charge in [0.2, 0.25) is 5.91 Å². The van der Waals surface area contributed by atoms with Crippen molar-refractivity contribution in [3.05, 3.63) is 11.6 Å². The van der Waals surface area contributed by atoms with E-state index >= 15 is 0 Å². The van der Waals surface area contributed by atoms with E-state index in [9.17, 15) is 19.6 Å². The van der Waals surface area contributed by atoms with Gasteiger partial charge in [-0.2, -0.15) is 0 Å². The van der Waals surface area contributed by atoms with E-state index in [4.69, 9.17) is 0 Å². The first kappa shape index (κ1) is 30.8. The first-order valence-electron chi connectivity index (χ1n) is 16.3. The van der Waals surface area contributed by atoms with Gasteiger partial charge in [-0.3, -0.25) is 19.6 Å². The fourth-order valence-corrected chi connectivity index (χ4v) is 11.4. The van der Waals surface area contributed by atoms with Crippen molar-refractivity contribution < 1.29 is 19.6 Å². The van der Waals surface area contributed by atoms with E-state index in [0.29, 0.717) is 12.3 Å². The van der Waals surface area contributed by atoms with Crippen LogP contribution in [0.4, 0.5) is 0 Å². The number of hydrogen-bond acceptors (Lipinski definition) is 4. The summed E-state index contributed by atoms with van der Waals surface area (Å²) in [5, 5.41) is 14.8. The lowest BCUT2D eigenvalue weighted by Crippen LogP contribution is -2.67. The van der Waals surface area contributed by atoms with Crippen molar-refractivity contribution in [1.82, 2.24) is 10.4 Å². The summed E-state index contributed by atoms with van der Waals surface area (Å²) in [6, 6.07) is -0.132. The van der Waals surface area contributed by atoms with Gasteiger partial charge in [0.1, 0.15) is 0 Å². The molecule has 0 saturated heterocycles. The second-order valence-corrected chi connectivity index (χ2v) is 17.1. The molecule has 9 atom stereocenters. The highest BCUT2D eigenvalue weighted by molar-refractivity contribution is 5.95. The van der Waals surface area contributed by atoms with Gasteiger partial charge in [0.05, 0.1) is 6.04 Å². The molecule has 41 heavy (non-hydrogen) atoms. The molecule has 0 aromatic rings. The average molecular weight is 569 g/mol. The molecule has 0 aromatic heterocycles. The van der Waals surface area contributed by atoms with Gasteiger partial charge < -0.3 is 5.32 Å². The number of nitrogens with zero attached hydrogens (tertiary/aromatic N) is 1. The molecule has 6 nitrogen and oxygen atoms in total. The van der Waals surface area contributed by atoms with Crippen LogP contribution < -0.4 is 5.32 Å². The third kappa shape index (κ3) is 4.15. The Morgan fingerprint density at radius 3 is 2.20 bits per heavy atom. The van der Waals surface area contributed by atoms with Crippen LogP contribution in [-0.4, -0.2) is 40.0 Å². The SMILES string of the molecule is CC(=O)N[C@H]1CC[C@@]2(C)C(CC[C@]3(C)[C@@H]2C(=O)C=C2[C@@H]4C[C@@](C)(C(=O)N(O)C(C)C)CC[C@]4(C)CC[C@]23C)C1(C)C.